The summed E-state index contributed by atoms with van der Waals surface area (Å²) in [7, 11) is 0. The van der Waals surface area contributed by atoms with Gasteiger partial charge in [0.2, 0.25) is 11.8 Å². The lowest BCUT2D eigenvalue weighted by Gasteiger charge is -2.36. The number of aliphatic carboxylic acids is 1. The third-order valence-corrected chi connectivity index (χ3v) is 7.50. The highest BCUT2D eigenvalue weighted by atomic mass is 16.5. The molecule has 3 fully saturated rings. The fraction of sp³-hybridized carbons (Fsp3) is 0.577. The minimum atomic E-state index is -1.09. The minimum absolute atomic E-state index is 0.125. The maximum atomic E-state index is 14.1. The highest BCUT2D eigenvalue weighted by molar-refractivity contribution is 5.98. The third kappa shape index (κ3) is 4.25. The van der Waals surface area contributed by atoms with Gasteiger partial charge in [0.05, 0.1) is 17.9 Å². The third-order valence-electron chi connectivity index (χ3n) is 7.50. The van der Waals surface area contributed by atoms with E-state index in [0.29, 0.717) is 45.3 Å². The van der Waals surface area contributed by atoms with Crippen LogP contribution in [0.1, 0.15) is 44.1 Å². The summed E-state index contributed by atoms with van der Waals surface area (Å²) in [6.45, 7) is 4.98. The normalized spacial score (nSPS) is 29.3. The molecular formula is C26H34N2O6. The predicted molar refractivity (Wildman–Crippen MR) is 125 cm³/mol. The molecule has 0 aliphatic carbocycles. The van der Waals surface area contributed by atoms with Gasteiger partial charge in [-0.25, -0.2) is 0 Å². The van der Waals surface area contributed by atoms with Crippen molar-refractivity contribution in [1.29, 1.82) is 0 Å². The van der Waals surface area contributed by atoms with Gasteiger partial charge in [-0.2, -0.15) is 0 Å². The zero-order valence-corrected chi connectivity index (χ0v) is 19.5. The molecule has 1 aromatic carbocycles. The zero-order valence-electron chi connectivity index (χ0n) is 19.5. The molecule has 2 N–H and O–H groups in total. The second-order valence-corrected chi connectivity index (χ2v) is 9.56. The van der Waals surface area contributed by atoms with Crippen molar-refractivity contribution in [3.63, 3.8) is 0 Å². The standard InChI is InChI=1S/C26H34N2O6/c1-2-14-27(17-18-10-6-5-7-11-18)24(31)22-26-13-12-19(34-26)20(25(32)33)21(26)23(30)28(22)15-8-3-4-9-16-29/h2,5-7,10-11,19-22,29H,1,3-4,8-9,12-17H2,(H,32,33)/t19-,20+,21+,22-,26+/m0/s1. The lowest BCUT2D eigenvalue weighted by molar-refractivity contribution is -0.151. The van der Waals surface area contributed by atoms with Crippen LogP contribution in [0.2, 0.25) is 0 Å². The Morgan fingerprint density at radius 3 is 2.62 bits per heavy atom. The molecule has 3 heterocycles. The highest BCUT2D eigenvalue weighted by Crippen LogP contribution is 2.58. The molecule has 0 unspecified atom stereocenters. The summed E-state index contributed by atoms with van der Waals surface area (Å²) in [5.41, 5.74) is -0.130. The molecule has 2 bridgehead atoms. The number of carbonyl (C=O) groups is 3. The Morgan fingerprint density at radius 2 is 1.94 bits per heavy atom. The number of fused-ring (bicyclic) bond motifs is 1. The molecule has 3 aliphatic heterocycles. The van der Waals surface area contributed by atoms with Gasteiger partial charge in [-0.1, -0.05) is 49.2 Å². The van der Waals surface area contributed by atoms with Crippen LogP contribution in [0.4, 0.5) is 0 Å². The Hall–Kier alpha value is -2.71. The van der Waals surface area contributed by atoms with Gasteiger partial charge in [0, 0.05) is 26.2 Å². The molecule has 1 spiro atoms. The number of benzene rings is 1. The van der Waals surface area contributed by atoms with Crippen LogP contribution in [0.25, 0.3) is 0 Å². The number of aliphatic hydroxyl groups excluding tert-OH is 1. The lowest BCUT2D eigenvalue weighted by atomic mass is 9.70. The average molecular weight is 471 g/mol. The van der Waals surface area contributed by atoms with E-state index in [1.807, 2.05) is 30.3 Å². The molecule has 34 heavy (non-hydrogen) atoms. The largest absolute Gasteiger partial charge is 0.481 e. The molecule has 8 nitrogen and oxygen atoms in total. The molecule has 1 aromatic rings. The van der Waals surface area contributed by atoms with E-state index in [2.05, 4.69) is 6.58 Å². The molecule has 5 atom stereocenters. The molecular weight excluding hydrogens is 436 g/mol. The van der Waals surface area contributed by atoms with Crippen molar-refractivity contribution in [3.8, 4) is 0 Å². The van der Waals surface area contributed by atoms with Gasteiger partial charge < -0.3 is 24.7 Å². The van der Waals surface area contributed by atoms with E-state index >= 15 is 0 Å². The second-order valence-electron chi connectivity index (χ2n) is 9.56. The number of nitrogens with zero attached hydrogens (tertiary/aromatic N) is 2. The van der Waals surface area contributed by atoms with Crippen molar-refractivity contribution in [3.05, 3.63) is 48.6 Å². The van der Waals surface area contributed by atoms with Crippen LogP contribution in [-0.2, 0) is 25.7 Å². The quantitative estimate of drug-likeness (QED) is 0.358. The number of hydrogen-bond acceptors (Lipinski definition) is 5. The number of rotatable bonds is 12. The number of likely N-dealkylation sites (tertiary alicyclic amines) is 1. The van der Waals surface area contributed by atoms with Gasteiger partial charge >= 0.3 is 5.97 Å². The first kappa shape index (κ1) is 24.4. The molecule has 3 aliphatic rings. The van der Waals surface area contributed by atoms with Crippen LogP contribution in [0.5, 0.6) is 0 Å². The van der Waals surface area contributed by atoms with Crippen LogP contribution >= 0.6 is 0 Å². The summed E-state index contributed by atoms with van der Waals surface area (Å²) in [5, 5.41) is 18.9. The van der Waals surface area contributed by atoms with Gasteiger partial charge in [0.1, 0.15) is 11.6 Å². The van der Waals surface area contributed by atoms with Gasteiger partial charge in [0.25, 0.3) is 0 Å². The molecule has 4 rings (SSSR count). The van der Waals surface area contributed by atoms with Crippen molar-refractivity contribution in [2.24, 2.45) is 11.8 Å². The number of aliphatic hydroxyl groups is 1. The van der Waals surface area contributed by atoms with Gasteiger partial charge in [-0.05, 0) is 31.2 Å². The fourth-order valence-corrected chi connectivity index (χ4v) is 6.07. The summed E-state index contributed by atoms with van der Waals surface area (Å²) in [6.07, 6.45) is 5.19. The SMILES string of the molecule is C=CCN(Cc1ccccc1)C(=O)[C@@H]1N(CCCCCCO)C(=O)[C@H]2[C@H](C(=O)O)[C@@H]3CC[C@]12O3. The highest BCUT2D eigenvalue weighted by Gasteiger charge is 2.74. The van der Waals surface area contributed by atoms with Crippen LogP contribution < -0.4 is 0 Å². The Kier molecular flexibility index (Phi) is 7.38. The maximum Gasteiger partial charge on any atom is 0.310 e. The Morgan fingerprint density at radius 1 is 1.21 bits per heavy atom. The van der Waals surface area contributed by atoms with Gasteiger partial charge in [0.15, 0.2) is 0 Å². The summed E-state index contributed by atoms with van der Waals surface area (Å²) in [5.74, 6) is -3.29. The first-order valence-electron chi connectivity index (χ1n) is 12.2. The second kappa shape index (κ2) is 10.3. The molecule has 3 saturated heterocycles. The molecule has 0 aromatic heterocycles. The predicted octanol–water partition coefficient (Wildman–Crippen LogP) is 2.21. The number of amides is 2. The smallest absolute Gasteiger partial charge is 0.310 e. The maximum absolute atomic E-state index is 14.1. The van der Waals surface area contributed by atoms with E-state index in [9.17, 15) is 19.5 Å². The molecule has 0 saturated carbocycles. The van der Waals surface area contributed by atoms with Crippen molar-refractivity contribution >= 4 is 17.8 Å². The topological polar surface area (TPSA) is 107 Å². The fourth-order valence-electron chi connectivity index (χ4n) is 6.07. The average Bonchev–Trinajstić information content (AvgIpc) is 3.46. The van der Waals surface area contributed by atoms with Crippen molar-refractivity contribution in [2.45, 2.75) is 62.8 Å². The lowest BCUT2D eigenvalue weighted by Crippen LogP contribution is -2.56. The van der Waals surface area contributed by atoms with E-state index in [1.54, 1.807) is 15.9 Å². The molecule has 2 amide bonds. The van der Waals surface area contributed by atoms with E-state index in [1.165, 1.54) is 0 Å². The van der Waals surface area contributed by atoms with E-state index in [-0.39, 0.29) is 18.4 Å². The van der Waals surface area contributed by atoms with Crippen LogP contribution in [0, 0.1) is 11.8 Å². The Balaban J connectivity index is 1.64. The molecule has 0 radical (unpaired) electrons. The van der Waals surface area contributed by atoms with Crippen molar-refractivity contribution in [2.75, 3.05) is 19.7 Å². The van der Waals surface area contributed by atoms with Crippen LogP contribution in [0.15, 0.2) is 43.0 Å². The summed E-state index contributed by atoms with van der Waals surface area (Å²) in [4.78, 5) is 43.0. The van der Waals surface area contributed by atoms with Crippen LogP contribution in [0.3, 0.4) is 0 Å². The zero-order chi connectivity index (χ0) is 24.3. The summed E-state index contributed by atoms with van der Waals surface area (Å²) in [6, 6.07) is 8.79. The van der Waals surface area contributed by atoms with Gasteiger partial charge in [-0.3, -0.25) is 14.4 Å². The molecule has 8 heteroatoms. The van der Waals surface area contributed by atoms with E-state index in [4.69, 9.17) is 9.84 Å². The number of unbranched alkanes of at least 4 members (excludes halogenated alkanes) is 3. The first-order valence-corrected chi connectivity index (χ1v) is 12.2. The Bertz CT molecular complexity index is 921. The summed E-state index contributed by atoms with van der Waals surface area (Å²) < 4.78 is 6.27. The molecule has 184 valence electrons. The van der Waals surface area contributed by atoms with Crippen molar-refractivity contribution < 1.29 is 29.3 Å². The summed E-state index contributed by atoms with van der Waals surface area (Å²) >= 11 is 0. The Labute approximate surface area is 200 Å². The number of carboxylic acid groups (broad SMARTS) is 1. The first-order chi connectivity index (χ1) is 16.4. The van der Waals surface area contributed by atoms with Crippen LogP contribution in [-0.4, -0.2) is 75.2 Å². The van der Waals surface area contributed by atoms with E-state index in [0.717, 1.165) is 18.4 Å². The monoisotopic (exact) mass is 470 g/mol. The number of carbonyl (C=O) groups excluding carboxylic acids is 2. The minimum Gasteiger partial charge on any atom is -0.481 e. The number of ether oxygens (including phenoxy) is 1. The van der Waals surface area contributed by atoms with E-state index < -0.39 is 35.6 Å². The van der Waals surface area contributed by atoms with Crippen molar-refractivity contribution in [1.82, 2.24) is 9.80 Å². The number of carboxylic acids is 1. The number of hydrogen-bond donors (Lipinski definition) is 2. The van der Waals surface area contributed by atoms with Gasteiger partial charge in [-0.15, -0.1) is 6.58 Å².